The minimum Gasteiger partial charge on any atom is -0.376 e. The van der Waals surface area contributed by atoms with E-state index in [0.717, 1.165) is 16.8 Å². The van der Waals surface area contributed by atoms with Crippen molar-refractivity contribution in [1.82, 2.24) is 4.90 Å². The van der Waals surface area contributed by atoms with E-state index in [1.54, 1.807) is 4.90 Å². The van der Waals surface area contributed by atoms with Crippen LogP contribution in [0.1, 0.15) is 37.3 Å². The molecule has 1 spiro atoms. The summed E-state index contributed by atoms with van der Waals surface area (Å²) in [6.45, 7) is 3.30. The SMILES string of the molecule is CC(N)(C[C@H](COCc1ccccc1)C(=O)N1CCC2(CC1)CN(S(C)(=O)=O)c1ccccc12)C(N)=O. The number of benzene rings is 2. The van der Waals surface area contributed by atoms with Gasteiger partial charge in [0.15, 0.2) is 0 Å². The molecule has 2 heterocycles. The summed E-state index contributed by atoms with van der Waals surface area (Å²) in [6.07, 6.45) is 2.57. The van der Waals surface area contributed by atoms with E-state index >= 15 is 0 Å². The maximum absolute atomic E-state index is 13.6. The van der Waals surface area contributed by atoms with Crippen LogP contribution in [0.15, 0.2) is 54.6 Å². The number of para-hydroxylation sites is 1. The van der Waals surface area contributed by atoms with Gasteiger partial charge in [-0.1, -0.05) is 48.5 Å². The lowest BCUT2D eigenvalue weighted by molar-refractivity contribution is -0.140. The number of nitrogens with zero attached hydrogens (tertiary/aromatic N) is 2. The molecule has 0 saturated carbocycles. The normalized spacial score (nSPS) is 19.3. The molecule has 2 aliphatic rings. The van der Waals surface area contributed by atoms with Gasteiger partial charge >= 0.3 is 0 Å². The average Bonchev–Trinajstić information content (AvgIpc) is 3.18. The van der Waals surface area contributed by atoms with Crippen LogP contribution in [0.25, 0.3) is 0 Å². The molecule has 2 aromatic rings. The highest BCUT2D eigenvalue weighted by Gasteiger charge is 2.48. The van der Waals surface area contributed by atoms with Crippen LogP contribution in [0, 0.1) is 5.92 Å². The van der Waals surface area contributed by atoms with Gasteiger partial charge in [-0.3, -0.25) is 13.9 Å². The van der Waals surface area contributed by atoms with Crippen molar-refractivity contribution in [2.75, 3.05) is 36.8 Å². The van der Waals surface area contributed by atoms with Gasteiger partial charge in [-0.25, -0.2) is 8.42 Å². The zero-order valence-corrected chi connectivity index (χ0v) is 22.2. The van der Waals surface area contributed by atoms with Crippen molar-refractivity contribution in [3.8, 4) is 0 Å². The average molecular weight is 529 g/mol. The summed E-state index contributed by atoms with van der Waals surface area (Å²) in [6, 6.07) is 17.2. The summed E-state index contributed by atoms with van der Waals surface area (Å²) >= 11 is 0. The Morgan fingerprint density at radius 3 is 2.32 bits per heavy atom. The fourth-order valence-corrected chi connectivity index (χ4v) is 6.44. The predicted molar refractivity (Wildman–Crippen MR) is 142 cm³/mol. The first-order chi connectivity index (χ1) is 17.4. The first kappa shape index (κ1) is 27.1. The molecule has 10 heteroatoms. The molecule has 2 aliphatic heterocycles. The quantitative estimate of drug-likeness (QED) is 0.509. The molecule has 0 radical (unpaired) electrons. The Morgan fingerprint density at radius 1 is 1.08 bits per heavy atom. The van der Waals surface area contributed by atoms with Crippen LogP contribution in [0.5, 0.6) is 0 Å². The maximum Gasteiger partial charge on any atom is 0.237 e. The standard InChI is InChI=1S/C27H36N4O5S/c1-26(29,25(28)33)16-21(18-36-17-20-8-4-3-5-9-20)24(32)30-14-12-27(13-15-30)19-31(37(2,34)35)23-11-7-6-10-22(23)27/h3-11,21H,12-19,29H2,1-2H3,(H2,28,33)/t21-,26?/m1/s1. The van der Waals surface area contributed by atoms with Gasteiger partial charge in [-0.15, -0.1) is 0 Å². The highest BCUT2D eigenvalue weighted by molar-refractivity contribution is 7.92. The number of carbonyl (C=O) groups excluding carboxylic acids is 2. The molecule has 0 aromatic heterocycles. The summed E-state index contributed by atoms with van der Waals surface area (Å²) in [5.74, 6) is -1.44. The van der Waals surface area contributed by atoms with Crippen LogP contribution in [0.4, 0.5) is 5.69 Å². The van der Waals surface area contributed by atoms with Gasteiger partial charge in [0.25, 0.3) is 0 Å². The second kappa shape index (κ2) is 10.4. The van der Waals surface area contributed by atoms with Gasteiger partial charge in [0.2, 0.25) is 21.8 Å². The first-order valence-electron chi connectivity index (χ1n) is 12.5. The van der Waals surface area contributed by atoms with E-state index in [1.807, 2.05) is 54.6 Å². The molecule has 1 unspecified atom stereocenters. The molecule has 1 saturated heterocycles. The number of likely N-dealkylation sites (tertiary alicyclic amines) is 1. The summed E-state index contributed by atoms with van der Waals surface area (Å²) in [7, 11) is -3.42. The number of hydrogen-bond donors (Lipinski definition) is 2. The molecule has 2 aromatic carbocycles. The Morgan fingerprint density at radius 2 is 1.70 bits per heavy atom. The molecular weight excluding hydrogens is 492 g/mol. The molecule has 4 rings (SSSR count). The third-order valence-electron chi connectivity index (χ3n) is 7.64. The van der Waals surface area contributed by atoms with Crippen LogP contribution in [0.2, 0.25) is 0 Å². The lowest BCUT2D eigenvalue weighted by atomic mass is 9.74. The topological polar surface area (TPSA) is 136 Å². The Hall–Kier alpha value is -2.95. The molecular formula is C27H36N4O5S. The van der Waals surface area contributed by atoms with Gasteiger partial charge in [0.05, 0.1) is 36.6 Å². The number of rotatable bonds is 9. The third-order valence-corrected chi connectivity index (χ3v) is 8.76. The molecule has 200 valence electrons. The maximum atomic E-state index is 13.6. The predicted octanol–water partition coefficient (Wildman–Crippen LogP) is 1.75. The van der Waals surface area contributed by atoms with Crippen LogP contribution >= 0.6 is 0 Å². The number of sulfonamides is 1. The van der Waals surface area contributed by atoms with E-state index in [1.165, 1.54) is 17.5 Å². The molecule has 0 aliphatic carbocycles. The van der Waals surface area contributed by atoms with Crippen molar-refractivity contribution in [2.45, 2.75) is 43.7 Å². The molecule has 2 amide bonds. The van der Waals surface area contributed by atoms with Crippen LogP contribution in [-0.2, 0) is 36.4 Å². The number of ether oxygens (including phenoxy) is 1. The number of nitrogens with two attached hydrogens (primary N) is 2. The number of anilines is 1. The number of piperidine rings is 1. The molecule has 2 atom stereocenters. The molecule has 4 N–H and O–H groups in total. The van der Waals surface area contributed by atoms with E-state index in [-0.39, 0.29) is 24.3 Å². The Balaban J connectivity index is 1.47. The van der Waals surface area contributed by atoms with Crippen molar-refractivity contribution in [3.63, 3.8) is 0 Å². The summed E-state index contributed by atoms with van der Waals surface area (Å²) in [5, 5.41) is 0. The van der Waals surface area contributed by atoms with Crippen molar-refractivity contribution < 1.29 is 22.7 Å². The summed E-state index contributed by atoms with van der Waals surface area (Å²) < 4.78 is 32.3. The zero-order chi connectivity index (χ0) is 26.8. The summed E-state index contributed by atoms with van der Waals surface area (Å²) in [5.41, 5.74) is 12.7. The fourth-order valence-electron chi connectivity index (χ4n) is 5.44. The van der Waals surface area contributed by atoms with Gasteiger partial charge in [0, 0.05) is 25.0 Å². The largest absolute Gasteiger partial charge is 0.376 e. The fraction of sp³-hybridized carbons (Fsp3) is 0.481. The van der Waals surface area contributed by atoms with Crippen molar-refractivity contribution in [3.05, 3.63) is 65.7 Å². The van der Waals surface area contributed by atoms with Crippen molar-refractivity contribution >= 4 is 27.5 Å². The molecule has 1 fully saturated rings. The second-order valence-corrected chi connectivity index (χ2v) is 12.5. The van der Waals surface area contributed by atoms with E-state index < -0.39 is 27.4 Å². The molecule has 9 nitrogen and oxygen atoms in total. The van der Waals surface area contributed by atoms with Crippen LogP contribution < -0.4 is 15.8 Å². The monoisotopic (exact) mass is 528 g/mol. The van der Waals surface area contributed by atoms with E-state index in [0.29, 0.717) is 39.1 Å². The lowest BCUT2D eigenvalue weighted by Gasteiger charge is -2.41. The van der Waals surface area contributed by atoms with Crippen molar-refractivity contribution in [1.29, 1.82) is 0 Å². The first-order valence-corrected chi connectivity index (χ1v) is 14.3. The smallest absolute Gasteiger partial charge is 0.237 e. The van der Waals surface area contributed by atoms with Crippen molar-refractivity contribution in [2.24, 2.45) is 17.4 Å². The number of amides is 2. The van der Waals surface area contributed by atoms with Gasteiger partial charge < -0.3 is 21.1 Å². The number of hydrogen-bond acceptors (Lipinski definition) is 6. The highest BCUT2D eigenvalue weighted by atomic mass is 32.2. The zero-order valence-electron chi connectivity index (χ0n) is 21.4. The Labute approximate surface area is 218 Å². The number of carbonyl (C=O) groups is 2. The minimum atomic E-state index is -3.42. The Kier molecular flexibility index (Phi) is 7.64. The summed E-state index contributed by atoms with van der Waals surface area (Å²) in [4.78, 5) is 27.4. The highest BCUT2D eigenvalue weighted by Crippen LogP contribution is 2.48. The van der Waals surface area contributed by atoms with E-state index in [4.69, 9.17) is 16.2 Å². The number of fused-ring (bicyclic) bond motifs is 2. The van der Waals surface area contributed by atoms with Gasteiger partial charge in [0.1, 0.15) is 0 Å². The van der Waals surface area contributed by atoms with E-state index in [2.05, 4.69) is 0 Å². The minimum absolute atomic E-state index is 0.0717. The van der Waals surface area contributed by atoms with Gasteiger partial charge in [-0.05, 0) is 43.4 Å². The van der Waals surface area contributed by atoms with E-state index in [9.17, 15) is 18.0 Å². The van der Waals surface area contributed by atoms with Gasteiger partial charge in [-0.2, -0.15) is 0 Å². The van der Waals surface area contributed by atoms with Crippen LogP contribution in [-0.4, -0.2) is 63.2 Å². The number of primary amides is 1. The molecule has 0 bridgehead atoms. The molecule has 37 heavy (non-hydrogen) atoms. The Bertz CT molecular complexity index is 1240. The lowest BCUT2D eigenvalue weighted by Crippen LogP contribution is -2.54. The second-order valence-electron chi connectivity index (χ2n) is 10.6. The third kappa shape index (κ3) is 5.81. The van der Waals surface area contributed by atoms with Crippen LogP contribution in [0.3, 0.4) is 0 Å².